The van der Waals surface area contributed by atoms with E-state index >= 15 is 0 Å². The molecule has 1 aliphatic carbocycles. The molecule has 7 heteroatoms. The zero-order valence-electron chi connectivity index (χ0n) is 13.7. The molecule has 6 nitrogen and oxygen atoms in total. The molecule has 1 aromatic heterocycles. The van der Waals surface area contributed by atoms with Crippen LogP contribution in [0.1, 0.15) is 19.8 Å². The predicted octanol–water partition coefficient (Wildman–Crippen LogP) is 2.51. The van der Waals surface area contributed by atoms with E-state index in [2.05, 4.69) is 10.3 Å². The molecule has 0 radical (unpaired) electrons. The highest BCUT2D eigenvalue weighted by Crippen LogP contribution is 2.30. The van der Waals surface area contributed by atoms with Crippen molar-refractivity contribution >= 4 is 38.6 Å². The van der Waals surface area contributed by atoms with Gasteiger partial charge in [0.05, 0.1) is 29.9 Å². The second-order valence-corrected chi connectivity index (χ2v) is 6.98. The summed E-state index contributed by atoms with van der Waals surface area (Å²) < 4.78 is 6.03. The minimum atomic E-state index is -0.286. The van der Waals surface area contributed by atoms with E-state index in [1.165, 1.54) is 24.2 Å². The largest absolute Gasteiger partial charge is 0.465 e. The molecule has 1 amide bonds. The van der Waals surface area contributed by atoms with Crippen LogP contribution in [-0.4, -0.2) is 48.0 Å². The van der Waals surface area contributed by atoms with Gasteiger partial charge < -0.3 is 10.1 Å². The number of carbonyl (C=O) groups excluding carboxylic acids is 2. The Bertz CT molecular complexity index is 694. The zero-order chi connectivity index (χ0) is 16.9. The Kier molecular flexibility index (Phi) is 5.42. The van der Waals surface area contributed by atoms with Gasteiger partial charge in [0.25, 0.3) is 0 Å². The summed E-state index contributed by atoms with van der Waals surface area (Å²) in [7, 11) is 0. The third kappa shape index (κ3) is 4.75. The maximum atomic E-state index is 12.3. The summed E-state index contributed by atoms with van der Waals surface area (Å²) in [5.74, 6) is 0.152. The molecule has 1 fully saturated rings. The van der Waals surface area contributed by atoms with Gasteiger partial charge in [0, 0.05) is 6.54 Å². The number of fused-ring (bicyclic) bond motifs is 1. The third-order valence-electron chi connectivity index (χ3n) is 3.78. The lowest BCUT2D eigenvalue weighted by atomic mass is 10.3. The van der Waals surface area contributed by atoms with Crippen LogP contribution in [0.4, 0.5) is 5.13 Å². The molecule has 0 saturated heterocycles. The van der Waals surface area contributed by atoms with Crippen LogP contribution in [0.2, 0.25) is 0 Å². The highest BCUT2D eigenvalue weighted by Gasteiger charge is 2.26. The number of hydrogen-bond acceptors (Lipinski definition) is 6. The Morgan fingerprint density at radius 1 is 1.33 bits per heavy atom. The Morgan fingerprint density at radius 2 is 2.12 bits per heavy atom. The number of hydrogen-bond donors (Lipinski definition) is 1. The van der Waals surface area contributed by atoms with Gasteiger partial charge in [-0.05, 0) is 37.8 Å². The minimum Gasteiger partial charge on any atom is -0.465 e. The second-order valence-electron chi connectivity index (χ2n) is 5.95. The summed E-state index contributed by atoms with van der Waals surface area (Å²) in [6.07, 6.45) is 2.33. The summed E-state index contributed by atoms with van der Waals surface area (Å²) in [5, 5.41) is 3.42. The lowest BCUT2D eigenvalue weighted by molar-refractivity contribution is -0.144. The van der Waals surface area contributed by atoms with Gasteiger partial charge in [-0.3, -0.25) is 14.5 Å². The van der Waals surface area contributed by atoms with E-state index < -0.39 is 0 Å². The molecule has 0 atom stereocenters. The maximum absolute atomic E-state index is 12.3. The fourth-order valence-corrected chi connectivity index (χ4v) is 3.41. The quantitative estimate of drug-likeness (QED) is 0.743. The van der Waals surface area contributed by atoms with E-state index in [1.807, 2.05) is 29.2 Å². The average molecular weight is 347 g/mol. The summed E-state index contributed by atoms with van der Waals surface area (Å²) in [4.78, 5) is 30.3. The second kappa shape index (κ2) is 7.72. The zero-order valence-corrected chi connectivity index (χ0v) is 14.5. The van der Waals surface area contributed by atoms with Crippen LogP contribution in [-0.2, 0) is 14.3 Å². The molecule has 24 heavy (non-hydrogen) atoms. The van der Waals surface area contributed by atoms with E-state index in [1.54, 1.807) is 6.92 Å². The highest BCUT2D eigenvalue weighted by atomic mass is 32.1. The molecule has 1 aliphatic rings. The van der Waals surface area contributed by atoms with Crippen LogP contribution in [0.3, 0.4) is 0 Å². The van der Waals surface area contributed by atoms with Crippen LogP contribution in [0.15, 0.2) is 24.3 Å². The number of esters is 1. The summed E-state index contributed by atoms with van der Waals surface area (Å²) in [6, 6.07) is 7.76. The third-order valence-corrected chi connectivity index (χ3v) is 4.73. The number of aromatic nitrogens is 1. The van der Waals surface area contributed by atoms with Crippen LogP contribution < -0.4 is 5.32 Å². The molecule has 1 N–H and O–H groups in total. The lowest BCUT2D eigenvalue weighted by Gasteiger charge is -2.20. The lowest BCUT2D eigenvalue weighted by Crippen LogP contribution is -2.38. The first-order valence-electron chi connectivity index (χ1n) is 8.17. The van der Waals surface area contributed by atoms with Crippen molar-refractivity contribution in [1.29, 1.82) is 0 Å². The summed E-state index contributed by atoms with van der Waals surface area (Å²) in [5.41, 5.74) is 0.874. The Hall–Kier alpha value is -1.99. The normalized spacial score (nSPS) is 14.1. The SMILES string of the molecule is CCOC(=O)CN(CC(=O)Nc1nc2ccccc2s1)CC1CC1. The van der Waals surface area contributed by atoms with Gasteiger partial charge >= 0.3 is 5.97 Å². The first-order valence-corrected chi connectivity index (χ1v) is 8.99. The number of para-hydroxylation sites is 1. The van der Waals surface area contributed by atoms with Crippen LogP contribution in [0.25, 0.3) is 10.2 Å². The number of amides is 1. The number of benzene rings is 1. The van der Waals surface area contributed by atoms with Crippen molar-refractivity contribution in [2.75, 3.05) is 31.6 Å². The Morgan fingerprint density at radius 3 is 2.83 bits per heavy atom. The van der Waals surface area contributed by atoms with Crippen molar-refractivity contribution in [1.82, 2.24) is 9.88 Å². The number of carbonyl (C=O) groups is 2. The van der Waals surface area contributed by atoms with Gasteiger partial charge in [-0.1, -0.05) is 23.5 Å². The molecule has 0 spiro atoms. The summed E-state index contributed by atoms with van der Waals surface area (Å²) in [6.45, 7) is 3.21. The van der Waals surface area contributed by atoms with E-state index in [9.17, 15) is 9.59 Å². The molecule has 1 heterocycles. The molecule has 0 aliphatic heterocycles. The molecule has 1 saturated carbocycles. The monoisotopic (exact) mass is 347 g/mol. The summed E-state index contributed by atoms with van der Waals surface area (Å²) >= 11 is 1.45. The van der Waals surface area contributed by atoms with E-state index in [-0.39, 0.29) is 25.0 Å². The molecule has 1 aromatic carbocycles. The van der Waals surface area contributed by atoms with Crippen molar-refractivity contribution in [3.05, 3.63) is 24.3 Å². The number of ether oxygens (including phenoxy) is 1. The number of thiazole rings is 1. The van der Waals surface area contributed by atoms with E-state index in [4.69, 9.17) is 4.74 Å². The maximum Gasteiger partial charge on any atom is 0.320 e. The number of nitrogens with one attached hydrogen (secondary N) is 1. The van der Waals surface area contributed by atoms with Crippen molar-refractivity contribution < 1.29 is 14.3 Å². The van der Waals surface area contributed by atoms with Crippen LogP contribution >= 0.6 is 11.3 Å². The molecular formula is C17H21N3O3S. The van der Waals surface area contributed by atoms with Crippen molar-refractivity contribution in [3.63, 3.8) is 0 Å². The fraction of sp³-hybridized carbons (Fsp3) is 0.471. The van der Waals surface area contributed by atoms with Crippen molar-refractivity contribution in [3.8, 4) is 0 Å². The standard InChI is InChI=1S/C17H21N3O3S/c1-2-23-16(22)11-20(9-12-7-8-12)10-15(21)19-17-18-13-5-3-4-6-14(13)24-17/h3-6,12H,2,7-11H2,1H3,(H,18,19,21). The van der Waals surface area contributed by atoms with Gasteiger partial charge in [0.2, 0.25) is 5.91 Å². The van der Waals surface area contributed by atoms with Gasteiger partial charge in [-0.25, -0.2) is 4.98 Å². The number of anilines is 1. The van der Waals surface area contributed by atoms with Gasteiger partial charge in [0.1, 0.15) is 0 Å². The number of nitrogens with zero attached hydrogens (tertiary/aromatic N) is 2. The van der Waals surface area contributed by atoms with E-state index in [0.717, 1.165) is 16.8 Å². The van der Waals surface area contributed by atoms with Gasteiger partial charge in [-0.15, -0.1) is 0 Å². The van der Waals surface area contributed by atoms with Crippen LogP contribution in [0.5, 0.6) is 0 Å². The minimum absolute atomic E-state index is 0.150. The Labute approximate surface area is 144 Å². The van der Waals surface area contributed by atoms with E-state index in [0.29, 0.717) is 17.7 Å². The van der Waals surface area contributed by atoms with Gasteiger partial charge in [-0.2, -0.15) is 0 Å². The van der Waals surface area contributed by atoms with Crippen molar-refractivity contribution in [2.24, 2.45) is 5.92 Å². The average Bonchev–Trinajstić information content (AvgIpc) is 3.24. The van der Waals surface area contributed by atoms with Crippen molar-refractivity contribution in [2.45, 2.75) is 19.8 Å². The molecule has 0 unspecified atom stereocenters. The topological polar surface area (TPSA) is 71.5 Å². The Balaban J connectivity index is 1.58. The van der Waals surface area contributed by atoms with Crippen LogP contribution in [0, 0.1) is 5.92 Å². The highest BCUT2D eigenvalue weighted by molar-refractivity contribution is 7.22. The smallest absolute Gasteiger partial charge is 0.320 e. The molecule has 0 bridgehead atoms. The van der Waals surface area contributed by atoms with Gasteiger partial charge in [0.15, 0.2) is 5.13 Å². The first-order chi connectivity index (χ1) is 11.6. The fourth-order valence-electron chi connectivity index (χ4n) is 2.53. The molecule has 128 valence electrons. The first kappa shape index (κ1) is 16.9. The predicted molar refractivity (Wildman–Crippen MR) is 94.0 cm³/mol. The molecular weight excluding hydrogens is 326 g/mol. The number of rotatable bonds is 8. The molecule has 2 aromatic rings. The molecule has 3 rings (SSSR count).